The van der Waals surface area contributed by atoms with Gasteiger partial charge in [0.1, 0.15) is 5.15 Å². The van der Waals surface area contributed by atoms with E-state index in [-0.39, 0.29) is 0 Å². The first-order chi connectivity index (χ1) is 9.08. The number of rotatable bonds is 1. The van der Waals surface area contributed by atoms with Crippen molar-refractivity contribution >= 4 is 17.2 Å². The molecular weight excluding hydrogens is 258 g/mol. The molecule has 0 fully saturated rings. The Morgan fingerprint density at radius 3 is 2.58 bits per heavy atom. The van der Waals surface area contributed by atoms with Crippen molar-refractivity contribution < 1.29 is 0 Å². The second-order valence-corrected chi connectivity index (χ2v) is 5.12. The Balaban J connectivity index is 2.42. The van der Waals surface area contributed by atoms with Gasteiger partial charge in [0.15, 0.2) is 5.65 Å². The monoisotopic (exact) mass is 271 g/mol. The summed E-state index contributed by atoms with van der Waals surface area (Å²) in [5.74, 6) is 0. The summed E-state index contributed by atoms with van der Waals surface area (Å²) in [6, 6.07) is 10.1. The highest BCUT2D eigenvalue weighted by Crippen LogP contribution is 2.31. The first-order valence-electron chi connectivity index (χ1n) is 6.16. The Kier molecular flexibility index (Phi) is 2.79. The third-order valence-electron chi connectivity index (χ3n) is 3.26. The minimum Gasteiger partial charge on any atom is -0.233 e. The van der Waals surface area contributed by atoms with Crippen LogP contribution in [0.2, 0.25) is 5.15 Å². The van der Waals surface area contributed by atoms with E-state index in [2.05, 4.69) is 29.1 Å². The molecule has 3 rings (SSSR count). The number of aryl methyl sites for hydroxylation is 3. The topological polar surface area (TPSA) is 30.2 Å². The standard InChI is InChI=1S/C15H14ClN3/c1-9-6-4-5-7-12(9)14-11(3)18-19-13(16)8-10(2)17-15(14)19/h4-8H,1-3H3. The van der Waals surface area contributed by atoms with Gasteiger partial charge in [-0.05, 0) is 38.0 Å². The zero-order valence-electron chi connectivity index (χ0n) is 11.1. The fraction of sp³-hybridized carbons (Fsp3) is 0.200. The SMILES string of the molecule is Cc1cc(Cl)n2nc(C)c(-c3ccccc3C)c2n1. The average Bonchev–Trinajstić information content (AvgIpc) is 2.67. The Labute approximate surface area is 116 Å². The van der Waals surface area contributed by atoms with E-state index in [0.717, 1.165) is 28.2 Å². The van der Waals surface area contributed by atoms with Gasteiger partial charge in [0.25, 0.3) is 0 Å². The van der Waals surface area contributed by atoms with Gasteiger partial charge < -0.3 is 0 Å². The fourth-order valence-electron chi connectivity index (χ4n) is 2.37. The molecule has 4 heteroatoms. The number of aromatic nitrogens is 3. The lowest BCUT2D eigenvalue weighted by Crippen LogP contribution is -1.94. The van der Waals surface area contributed by atoms with Gasteiger partial charge in [-0.15, -0.1) is 0 Å². The van der Waals surface area contributed by atoms with Crippen LogP contribution in [0.4, 0.5) is 0 Å². The number of hydrogen-bond donors (Lipinski definition) is 0. The third kappa shape index (κ3) is 1.90. The van der Waals surface area contributed by atoms with E-state index in [0.29, 0.717) is 5.15 Å². The van der Waals surface area contributed by atoms with Crippen molar-refractivity contribution in [2.45, 2.75) is 20.8 Å². The summed E-state index contributed by atoms with van der Waals surface area (Å²) in [7, 11) is 0. The van der Waals surface area contributed by atoms with Crippen molar-refractivity contribution in [3.05, 3.63) is 52.4 Å². The quantitative estimate of drug-likeness (QED) is 0.627. The Morgan fingerprint density at radius 2 is 1.84 bits per heavy atom. The molecule has 0 spiro atoms. The van der Waals surface area contributed by atoms with Crippen molar-refractivity contribution in [3.63, 3.8) is 0 Å². The molecule has 19 heavy (non-hydrogen) atoms. The Morgan fingerprint density at radius 1 is 1.11 bits per heavy atom. The summed E-state index contributed by atoms with van der Waals surface area (Å²) in [5, 5.41) is 5.08. The summed E-state index contributed by atoms with van der Waals surface area (Å²) in [5.41, 5.74) is 6.08. The van der Waals surface area contributed by atoms with Gasteiger partial charge in [-0.3, -0.25) is 0 Å². The van der Waals surface area contributed by atoms with E-state index in [9.17, 15) is 0 Å². The normalized spacial score (nSPS) is 11.2. The van der Waals surface area contributed by atoms with Crippen LogP contribution in [0.1, 0.15) is 17.0 Å². The van der Waals surface area contributed by atoms with Gasteiger partial charge in [0.2, 0.25) is 0 Å². The molecule has 2 aromatic heterocycles. The van der Waals surface area contributed by atoms with Gasteiger partial charge >= 0.3 is 0 Å². The number of halogens is 1. The predicted molar refractivity (Wildman–Crippen MR) is 77.6 cm³/mol. The van der Waals surface area contributed by atoms with Gasteiger partial charge in [-0.25, -0.2) is 9.50 Å². The number of nitrogens with zero attached hydrogens (tertiary/aromatic N) is 3. The lowest BCUT2D eigenvalue weighted by atomic mass is 10.0. The molecule has 96 valence electrons. The summed E-state index contributed by atoms with van der Waals surface area (Å²) >= 11 is 6.24. The molecule has 0 aliphatic rings. The van der Waals surface area contributed by atoms with Gasteiger partial charge in [-0.2, -0.15) is 5.10 Å². The minimum absolute atomic E-state index is 0.588. The van der Waals surface area contributed by atoms with Crippen molar-refractivity contribution in [3.8, 4) is 11.1 Å². The van der Waals surface area contributed by atoms with Crippen LogP contribution in [0.25, 0.3) is 16.8 Å². The van der Waals surface area contributed by atoms with Crippen molar-refractivity contribution in [2.24, 2.45) is 0 Å². The highest BCUT2D eigenvalue weighted by molar-refractivity contribution is 6.29. The van der Waals surface area contributed by atoms with Crippen LogP contribution >= 0.6 is 11.6 Å². The molecule has 0 saturated heterocycles. The zero-order chi connectivity index (χ0) is 13.6. The van der Waals surface area contributed by atoms with E-state index >= 15 is 0 Å². The molecule has 0 aliphatic heterocycles. The van der Waals surface area contributed by atoms with Crippen LogP contribution in [-0.4, -0.2) is 14.6 Å². The summed E-state index contributed by atoms with van der Waals surface area (Å²) < 4.78 is 1.70. The maximum atomic E-state index is 6.24. The predicted octanol–water partition coefficient (Wildman–Crippen LogP) is 3.97. The van der Waals surface area contributed by atoms with Crippen molar-refractivity contribution in [2.75, 3.05) is 0 Å². The highest BCUT2D eigenvalue weighted by Gasteiger charge is 2.16. The van der Waals surface area contributed by atoms with Crippen molar-refractivity contribution in [1.82, 2.24) is 14.6 Å². The van der Waals surface area contributed by atoms with Crippen LogP contribution in [0.3, 0.4) is 0 Å². The smallest absolute Gasteiger partial charge is 0.165 e. The average molecular weight is 272 g/mol. The van der Waals surface area contributed by atoms with E-state index in [1.165, 1.54) is 5.56 Å². The van der Waals surface area contributed by atoms with Crippen LogP contribution < -0.4 is 0 Å². The molecule has 3 aromatic rings. The number of benzene rings is 1. The van der Waals surface area contributed by atoms with E-state index in [1.807, 2.05) is 32.0 Å². The molecule has 0 unspecified atom stereocenters. The molecule has 0 amide bonds. The maximum absolute atomic E-state index is 6.24. The Hall–Kier alpha value is -1.87. The van der Waals surface area contributed by atoms with Crippen LogP contribution in [0, 0.1) is 20.8 Å². The molecular formula is C15H14ClN3. The van der Waals surface area contributed by atoms with Gasteiger partial charge in [0.05, 0.1) is 5.69 Å². The molecule has 0 atom stereocenters. The molecule has 0 aliphatic carbocycles. The lowest BCUT2D eigenvalue weighted by Gasteiger charge is -2.05. The molecule has 0 radical (unpaired) electrons. The van der Waals surface area contributed by atoms with E-state index < -0.39 is 0 Å². The minimum atomic E-state index is 0.588. The van der Waals surface area contributed by atoms with Crippen molar-refractivity contribution in [1.29, 1.82) is 0 Å². The van der Waals surface area contributed by atoms with Crippen LogP contribution in [0.5, 0.6) is 0 Å². The maximum Gasteiger partial charge on any atom is 0.165 e. The third-order valence-corrected chi connectivity index (χ3v) is 3.53. The lowest BCUT2D eigenvalue weighted by molar-refractivity contribution is 0.910. The molecule has 2 heterocycles. The molecule has 0 bridgehead atoms. The van der Waals surface area contributed by atoms with Crippen LogP contribution in [0.15, 0.2) is 30.3 Å². The highest BCUT2D eigenvalue weighted by atomic mass is 35.5. The molecule has 1 aromatic carbocycles. The molecule has 0 saturated carbocycles. The van der Waals surface area contributed by atoms with Gasteiger partial charge in [0, 0.05) is 11.3 Å². The van der Waals surface area contributed by atoms with E-state index in [4.69, 9.17) is 11.6 Å². The second-order valence-electron chi connectivity index (χ2n) is 4.73. The second kappa shape index (κ2) is 4.35. The number of hydrogen-bond acceptors (Lipinski definition) is 2. The first kappa shape index (κ1) is 12.2. The van der Waals surface area contributed by atoms with Gasteiger partial charge in [-0.1, -0.05) is 35.9 Å². The first-order valence-corrected chi connectivity index (χ1v) is 6.54. The summed E-state index contributed by atoms with van der Waals surface area (Å²) in [6.45, 7) is 6.02. The van der Waals surface area contributed by atoms with E-state index in [1.54, 1.807) is 4.52 Å². The largest absolute Gasteiger partial charge is 0.233 e. The van der Waals surface area contributed by atoms with Crippen LogP contribution in [-0.2, 0) is 0 Å². The summed E-state index contributed by atoms with van der Waals surface area (Å²) in [6.07, 6.45) is 0. The molecule has 0 N–H and O–H groups in total. The fourth-order valence-corrected chi connectivity index (χ4v) is 2.64. The molecule has 3 nitrogen and oxygen atoms in total. The zero-order valence-corrected chi connectivity index (χ0v) is 11.9. The Bertz CT molecular complexity index is 774. The summed E-state index contributed by atoms with van der Waals surface area (Å²) in [4.78, 5) is 4.59. The number of fused-ring (bicyclic) bond motifs is 1.